The van der Waals surface area contributed by atoms with E-state index in [1.54, 1.807) is 0 Å². The van der Waals surface area contributed by atoms with Gasteiger partial charge in [-0.2, -0.15) is 0 Å². The summed E-state index contributed by atoms with van der Waals surface area (Å²) in [4.78, 5) is 0. The molecular weight excluding hydrogens is 217 g/mol. The molecule has 1 aromatic rings. The van der Waals surface area contributed by atoms with Crippen molar-refractivity contribution in [2.45, 2.75) is 37.7 Å². The molecule has 1 saturated heterocycles. The standard InChI is InChI=1S/C14H20FNO/c15-13-6-3-11(4-7-13)12(10-16)5-8-14-2-1-9-17-14/h3-4,6-7,12,14H,1-2,5,8-10,16H2. The second-order valence-corrected chi connectivity index (χ2v) is 4.70. The van der Waals surface area contributed by atoms with Gasteiger partial charge in [-0.3, -0.25) is 0 Å². The molecule has 2 atom stereocenters. The van der Waals surface area contributed by atoms with Gasteiger partial charge < -0.3 is 10.5 Å². The van der Waals surface area contributed by atoms with Crippen LogP contribution in [0.15, 0.2) is 24.3 Å². The van der Waals surface area contributed by atoms with E-state index in [-0.39, 0.29) is 5.82 Å². The van der Waals surface area contributed by atoms with Crippen molar-refractivity contribution in [3.05, 3.63) is 35.6 Å². The Bertz CT molecular complexity index is 333. The largest absolute Gasteiger partial charge is 0.378 e. The minimum absolute atomic E-state index is 0.191. The van der Waals surface area contributed by atoms with Crippen molar-refractivity contribution >= 4 is 0 Å². The molecule has 1 aromatic carbocycles. The first-order valence-corrected chi connectivity index (χ1v) is 6.36. The Labute approximate surface area is 102 Å². The molecular formula is C14H20FNO. The summed E-state index contributed by atoms with van der Waals surface area (Å²) >= 11 is 0. The fraction of sp³-hybridized carbons (Fsp3) is 0.571. The zero-order valence-corrected chi connectivity index (χ0v) is 10.1. The van der Waals surface area contributed by atoms with E-state index in [0.717, 1.165) is 25.0 Å². The number of hydrogen-bond donors (Lipinski definition) is 1. The van der Waals surface area contributed by atoms with E-state index >= 15 is 0 Å². The maximum atomic E-state index is 12.8. The summed E-state index contributed by atoms with van der Waals surface area (Å²) in [5.41, 5.74) is 6.92. The van der Waals surface area contributed by atoms with E-state index in [9.17, 15) is 4.39 Å². The molecule has 1 fully saturated rings. The maximum absolute atomic E-state index is 12.8. The van der Waals surface area contributed by atoms with Gasteiger partial charge in [0.1, 0.15) is 5.82 Å². The zero-order chi connectivity index (χ0) is 12.1. The summed E-state index contributed by atoms with van der Waals surface area (Å²) in [6.45, 7) is 1.51. The second kappa shape index (κ2) is 6.12. The first-order valence-electron chi connectivity index (χ1n) is 6.36. The van der Waals surface area contributed by atoms with Crippen molar-refractivity contribution in [2.75, 3.05) is 13.2 Å². The molecule has 0 aliphatic carbocycles. The molecule has 0 aromatic heterocycles. The lowest BCUT2D eigenvalue weighted by atomic mass is 9.92. The Morgan fingerprint density at radius 2 is 2.12 bits per heavy atom. The molecule has 0 radical (unpaired) electrons. The zero-order valence-electron chi connectivity index (χ0n) is 10.1. The number of rotatable bonds is 5. The lowest BCUT2D eigenvalue weighted by Crippen LogP contribution is -2.15. The van der Waals surface area contributed by atoms with Gasteiger partial charge in [-0.15, -0.1) is 0 Å². The van der Waals surface area contributed by atoms with Gasteiger partial charge in [-0.1, -0.05) is 12.1 Å². The Balaban J connectivity index is 1.89. The third-order valence-electron chi connectivity index (χ3n) is 3.49. The second-order valence-electron chi connectivity index (χ2n) is 4.70. The molecule has 2 unspecified atom stereocenters. The van der Waals surface area contributed by atoms with Crippen molar-refractivity contribution in [1.29, 1.82) is 0 Å². The first kappa shape index (κ1) is 12.5. The normalized spacial score (nSPS) is 21.6. The molecule has 2 rings (SSSR count). The Hall–Kier alpha value is -0.930. The fourth-order valence-corrected chi connectivity index (χ4v) is 2.41. The summed E-state index contributed by atoms with van der Waals surface area (Å²) in [6.07, 6.45) is 4.82. The molecule has 17 heavy (non-hydrogen) atoms. The predicted octanol–water partition coefficient (Wildman–Crippen LogP) is 2.83. The molecule has 0 bridgehead atoms. The van der Waals surface area contributed by atoms with Crippen LogP contribution in [0.3, 0.4) is 0 Å². The average molecular weight is 237 g/mol. The van der Waals surface area contributed by atoms with Gasteiger partial charge in [0.25, 0.3) is 0 Å². The van der Waals surface area contributed by atoms with Crippen LogP contribution in [0.25, 0.3) is 0 Å². The van der Waals surface area contributed by atoms with Crippen molar-refractivity contribution < 1.29 is 9.13 Å². The first-order chi connectivity index (χ1) is 8.29. The van der Waals surface area contributed by atoms with Crippen LogP contribution in [0.5, 0.6) is 0 Å². The third-order valence-corrected chi connectivity index (χ3v) is 3.49. The lowest BCUT2D eigenvalue weighted by molar-refractivity contribution is 0.101. The average Bonchev–Trinajstić information content (AvgIpc) is 2.85. The van der Waals surface area contributed by atoms with Crippen molar-refractivity contribution in [2.24, 2.45) is 5.73 Å². The summed E-state index contributed by atoms with van der Waals surface area (Å²) in [7, 11) is 0. The van der Waals surface area contributed by atoms with E-state index in [4.69, 9.17) is 10.5 Å². The number of nitrogens with two attached hydrogens (primary N) is 1. The maximum Gasteiger partial charge on any atom is 0.123 e. The van der Waals surface area contributed by atoms with Crippen molar-refractivity contribution in [1.82, 2.24) is 0 Å². The van der Waals surface area contributed by atoms with Crippen LogP contribution >= 0.6 is 0 Å². The SMILES string of the molecule is NCC(CCC1CCCO1)c1ccc(F)cc1. The lowest BCUT2D eigenvalue weighted by Gasteiger charge is -2.17. The number of benzene rings is 1. The molecule has 2 N–H and O–H groups in total. The van der Waals surface area contributed by atoms with Gasteiger partial charge in [-0.25, -0.2) is 4.39 Å². The van der Waals surface area contributed by atoms with E-state index in [2.05, 4.69) is 0 Å². The van der Waals surface area contributed by atoms with Crippen LogP contribution < -0.4 is 5.73 Å². The highest BCUT2D eigenvalue weighted by Crippen LogP contribution is 2.25. The van der Waals surface area contributed by atoms with Gasteiger partial charge in [0.15, 0.2) is 0 Å². The highest BCUT2D eigenvalue weighted by molar-refractivity contribution is 5.20. The van der Waals surface area contributed by atoms with Crippen LogP contribution in [-0.2, 0) is 4.74 Å². The molecule has 1 aliphatic heterocycles. The molecule has 2 nitrogen and oxygen atoms in total. The number of ether oxygens (including phenoxy) is 1. The molecule has 3 heteroatoms. The van der Waals surface area contributed by atoms with Crippen LogP contribution in [0.4, 0.5) is 4.39 Å². The summed E-state index contributed by atoms with van der Waals surface area (Å²) in [5.74, 6) is 0.128. The van der Waals surface area contributed by atoms with Gasteiger partial charge in [0, 0.05) is 6.61 Å². The van der Waals surface area contributed by atoms with Crippen LogP contribution in [0, 0.1) is 5.82 Å². The molecule has 94 valence electrons. The van der Waals surface area contributed by atoms with Gasteiger partial charge in [0.2, 0.25) is 0 Å². The summed E-state index contributed by atoms with van der Waals surface area (Å²) in [6, 6.07) is 6.68. The van der Waals surface area contributed by atoms with Crippen LogP contribution in [-0.4, -0.2) is 19.3 Å². The van der Waals surface area contributed by atoms with Crippen molar-refractivity contribution in [3.63, 3.8) is 0 Å². The van der Waals surface area contributed by atoms with E-state index in [0.29, 0.717) is 18.6 Å². The Kier molecular flexibility index (Phi) is 4.51. The number of halogens is 1. The topological polar surface area (TPSA) is 35.2 Å². The van der Waals surface area contributed by atoms with Crippen LogP contribution in [0.2, 0.25) is 0 Å². The van der Waals surface area contributed by atoms with Crippen LogP contribution in [0.1, 0.15) is 37.2 Å². The van der Waals surface area contributed by atoms with Crippen molar-refractivity contribution in [3.8, 4) is 0 Å². The smallest absolute Gasteiger partial charge is 0.123 e. The summed E-state index contributed by atoms with van der Waals surface area (Å²) in [5, 5.41) is 0. The predicted molar refractivity (Wildman–Crippen MR) is 66.4 cm³/mol. The fourth-order valence-electron chi connectivity index (χ4n) is 2.41. The minimum Gasteiger partial charge on any atom is -0.378 e. The number of hydrogen-bond acceptors (Lipinski definition) is 2. The molecule has 0 spiro atoms. The third kappa shape index (κ3) is 3.51. The Morgan fingerprint density at radius 1 is 1.35 bits per heavy atom. The van der Waals surface area contributed by atoms with Gasteiger partial charge >= 0.3 is 0 Å². The highest BCUT2D eigenvalue weighted by atomic mass is 19.1. The highest BCUT2D eigenvalue weighted by Gasteiger charge is 2.18. The Morgan fingerprint density at radius 3 is 2.71 bits per heavy atom. The monoisotopic (exact) mass is 237 g/mol. The molecule has 0 amide bonds. The summed E-state index contributed by atoms with van der Waals surface area (Å²) < 4.78 is 18.4. The molecule has 0 saturated carbocycles. The van der Waals surface area contributed by atoms with E-state index < -0.39 is 0 Å². The quantitative estimate of drug-likeness (QED) is 0.854. The van der Waals surface area contributed by atoms with Gasteiger partial charge in [0.05, 0.1) is 6.10 Å². The minimum atomic E-state index is -0.191. The molecule has 1 heterocycles. The van der Waals surface area contributed by atoms with E-state index in [1.807, 2.05) is 12.1 Å². The van der Waals surface area contributed by atoms with Gasteiger partial charge in [-0.05, 0) is 55.8 Å². The molecule has 1 aliphatic rings. The van der Waals surface area contributed by atoms with E-state index in [1.165, 1.54) is 25.0 Å².